The molecule has 0 radical (unpaired) electrons. The SMILES string of the molecule is O=S(=O)(c1ccccc1)N1CCN(c2cccnc2)CC1. The number of aromatic nitrogens is 1. The highest BCUT2D eigenvalue weighted by Gasteiger charge is 2.28. The molecule has 3 rings (SSSR count). The Kier molecular flexibility index (Phi) is 3.90. The first-order valence-corrected chi connectivity index (χ1v) is 8.32. The smallest absolute Gasteiger partial charge is 0.243 e. The van der Waals surface area contributed by atoms with Gasteiger partial charge in [0, 0.05) is 32.4 Å². The first kappa shape index (κ1) is 14.0. The Morgan fingerprint density at radius 3 is 2.24 bits per heavy atom. The molecule has 1 aliphatic rings. The van der Waals surface area contributed by atoms with Gasteiger partial charge in [0.25, 0.3) is 0 Å². The van der Waals surface area contributed by atoms with Crippen LogP contribution >= 0.6 is 0 Å². The zero-order valence-corrected chi connectivity index (χ0v) is 12.4. The van der Waals surface area contributed by atoms with Gasteiger partial charge in [0.1, 0.15) is 0 Å². The number of pyridine rings is 1. The van der Waals surface area contributed by atoms with Gasteiger partial charge in [-0.25, -0.2) is 8.42 Å². The van der Waals surface area contributed by atoms with Crippen molar-refractivity contribution in [2.24, 2.45) is 0 Å². The number of anilines is 1. The van der Waals surface area contributed by atoms with Crippen LogP contribution in [-0.2, 0) is 10.0 Å². The van der Waals surface area contributed by atoms with Gasteiger partial charge < -0.3 is 4.90 Å². The molecule has 0 amide bonds. The van der Waals surface area contributed by atoms with E-state index < -0.39 is 10.0 Å². The van der Waals surface area contributed by atoms with E-state index in [1.807, 2.05) is 18.2 Å². The van der Waals surface area contributed by atoms with Gasteiger partial charge in [-0.3, -0.25) is 4.98 Å². The summed E-state index contributed by atoms with van der Waals surface area (Å²) < 4.78 is 26.6. The van der Waals surface area contributed by atoms with Crippen molar-refractivity contribution in [3.8, 4) is 0 Å². The van der Waals surface area contributed by atoms with E-state index in [1.165, 1.54) is 0 Å². The molecule has 0 atom stereocenters. The second kappa shape index (κ2) is 5.83. The number of hydrogen-bond donors (Lipinski definition) is 0. The van der Waals surface area contributed by atoms with Crippen LogP contribution < -0.4 is 4.90 Å². The first-order valence-electron chi connectivity index (χ1n) is 6.88. The van der Waals surface area contributed by atoms with E-state index in [0.717, 1.165) is 5.69 Å². The van der Waals surface area contributed by atoms with E-state index in [0.29, 0.717) is 31.1 Å². The molecule has 0 spiro atoms. The van der Waals surface area contributed by atoms with Crippen LogP contribution in [0, 0.1) is 0 Å². The number of rotatable bonds is 3. The Balaban J connectivity index is 1.72. The van der Waals surface area contributed by atoms with E-state index in [9.17, 15) is 8.42 Å². The Labute approximate surface area is 124 Å². The summed E-state index contributed by atoms with van der Waals surface area (Å²) in [5, 5.41) is 0. The fraction of sp³-hybridized carbons (Fsp3) is 0.267. The van der Waals surface area contributed by atoms with Crippen molar-refractivity contribution in [2.75, 3.05) is 31.1 Å². The van der Waals surface area contributed by atoms with E-state index in [2.05, 4.69) is 9.88 Å². The molecule has 1 aliphatic heterocycles. The molecule has 0 aliphatic carbocycles. The second-order valence-corrected chi connectivity index (χ2v) is 6.85. The van der Waals surface area contributed by atoms with E-state index in [4.69, 9.17) is 0 Å². The minimum atomic E-state index is -3.38. The lowest BCUT2D eigenvalue weighted by molar-refractivity contribution is 0.385. The molecule has 1 saturated heterocycles. The maximum absolute atomic E-state index is 12.5. The molecular weight excluding hydrogens is 286 g/mol. The monoisotopic (exact) mass is 303 g/mol. The van der Waals surface area contributed by atoms with Gasteiger partial charge in [-0.05, 0) is 24.3 Å². The Hall–Kier alpha value is -1.92. The van der Waals surface area contributed by atoms with Gasteiger partial charge in [-0.2, -0.15) is 4.31 Å². The first-order chi connectivity index (χ1) is 10.2. The van der Waals surface area contributed by atoms with Gasteiger partial charge in [-0.1, -0.05) is 18.2 Å². The lowest BCUT2D eigenvalue weighted by atomic mass is 10.3. The predicted octanol–water partition coefficient (Wildman–Crippen LogP) is 1.59. The minimum absolute atomic E-state index is 0.361. The number of nitrogens with zero attached hydrogens (tertiary/aromatic N) is 3. The Morgan fingerprint density at radius 2 is 1.62 bits per heavy atom. The van der Waals surface area contributed by atoms with Crippen molar-refractivity contribution in [1.82, 2.24) is 9.29 Å². The molecule has 5 nitrogen and oxygen atoms in total. The summed E-state index contributed by atoms with van der Waals surface area (Å²) in [6.07, 6.45) is 3.54. The van der Waals surface area contributed by atoms with E-state index in [-0.39, 0.29) is 0 Å². The summed E-state index contributed by atoms with van der Waals surface area (Å²) in [6.45, 7) is 2.34. The van der Waals surface area contributed by atoms with Crippen molar-refractivity contribution < 1.29 is 8.42 Å². The minimum Gasteiger partial charge on any atom is -0.368 e. The quantitative estimate of drug-likeness (QED) is 0.864. The topological polar surface area (TPSA) is 53.5 Å². The fourth-order valence-corrected chi connectivity index (χ4v) is 3.91. The number of sulfonamides is 1. The zero-order valence-electron chi connectivity index (χ0n) is 11.6. The van der Waals surface area contributed by atoms with Crippen LogP contribution in [0.5, 0.6) is 0 Å². The van der Waals surface area contributed by atoms with Crippen molar-refractivity contribution in [1.29, 1.82) is 0 Å². The molecule has 2 heterocycles. The number of piperazine rings is 1. The molecular formula is C15H17N3O2S. The molecule has 0 bridgehead atoms. The standard InChI is InChI=1S/C15H17N3O2S/c19-21(20,15-6-2-1-3-7-15)18-11-9-17(10-12-18)14-5-4-8-16-13-14/h1-8,13H,9-12H2. The van der Waals surface area contributed by atoms with Gasteiger partial charge >= 0.3 is 0 Å². The molecule has 1 fully saturated rings. The molecule has 1 aromatic heterocycles. The summed E-state index contributed by atoms with van der Waals surface area (Å²) in [6, 6.07) is 12.5. The largest absolute Gasteiger partial charge is 0.368 e. The third-order valence-corrected chi connectivity index (χ3v) is 5.54. The summed E-state index contributed by atoms with van der Waals surface area (Å²) in [7, 11) is -3.38. The fourth-order valence-electron chi connectivity index (χ4n) is 2.47. The average molecular weight is 303 g/mol. The van der Waals surface area contributed by atoms with Crippen LogP contribution in [0.4, 0.5) is 5.69 Å². The highest BCUT2D eigenvalue weighted by Crippen LogP contribution is 2.20. The number of hydrogen-bond acceptors (Lipinski definition) is 4. The van der Waals surface area contributed by atoms with Crippen molar-refractivity contribution >= 4 is 15.7 Å². The van der Waals surface area contributed by atoms with Gasteiger partial charge in [-0.15, -0.1) is 0 Å². The van der Waals surface area contributed by atoms with E-state index in [1.54, 1.807) is 41.0 Å². The predicted molar refractivity (Wildman–Crippen MR) is 81.7 cm³/mol. The highest BCUT2D eigenvalue weighted by atomic mass is 32.2. The molecule has 0 N–H and O–H groups in total. The molecule has 0 saturated carbocycles. The molecule has 1 aromatic carbocycles. The van der Waals surface area contributed by atoms with Crippen LogP contribution in [-0.4, -0.2) is 43.9 Å². The van der Waals surface area contributed by atoms with Gasteiger partial charge in [0.05, 0.1) is 16.8 Å². The summed E-state index contributed by atoms with van der Waals surface area (Å²) in [5.41, 5.74) is 1.04. The van der Waals surface area contributed by atoms with Crippen LogP contribution in [0.2, 0.25) is 0 Å². The summed E-state index contributed by atoms with van der Waals surface area (Å²) >= 11 is 0. The van der Waals surface area contributed by atoms with Crippen molar-refractivity contribution in [2.45, 2.75) is 4.90 Å². The van der Waals surface area contributed by atoms with Crippen LogP contribution in [0.3, 0.4) is 0 Å². The van der Waals surface area contributed by atoms with Gasteiger partial charge in [0.15, 0.2) is 0 Å². The average Bonchev–Trinajstić information content (AvgIpc) is 2.57. The molecule has 110 valence electrons. The van der Waals surface area contributed by atoms with Crippen molar-refractivity contribution in [3.63, 3.8) is 0 Å². The maximum atomic E-state index is 12.5. The van der Waals surface area contributed by atoms with Gasteiger partial charge in [0.2, 0.25) is 10.0 Å². The third kappa shape index (κ3) is 2.91. The lowest BCUT2D eigenvalue weighted by Crippen LogP contribution is -2.48. The summed E-state index contributed by atoms with van der Waals surface area (Å²) in [4.78, 5) is 6.62. The normalized spacial score (nSPS) is 16.9. The molecule has 0 unspecified atom stereocenters. The summed E-state index contributed by atoms with van der Waals surface area (Å²) in [5.74, 6) is 0. The third-order valence-electron chi connectivity index (χ3n) is 3.63. The lowest BCUT2D eigenvalue weighted by Gasteiger charge is -2.35. The van der Waals surface area contributed by atoms with Crippen LogP contribution in [0.1, 0.15) is 0 Å². The zero-order chi connectivity index (χ0) is 14.7. The van der Waals surface area contributed by atoms with Crippen LogP contribution in [0.25, 0.3) is 0 Å². The van der Waals surface area contributed by atoms with Crippen molar-refractivity contribution in [3.05, 3.63) is 54.9 Å². The highest BCUT2D eigenvalue weighted by molar-refractivity contribution is 7.89. The molecule has 2 aromatic rings. The Morgan fingerprint density at radius 1 is 0.905 bits per heavy atom. The van der Waals surface area contributed by atoms with Crippen LogP contribution in [0.15, 0.2) is 59.8 Å². The number of benzene rings is 1. The maximum Gasteiger partial charge on any atom is 0.243 e. The molecule has 21 heavy (non-hydrogen) atoms. The van der Waals surface area contributed by atoms with E-state index >= 15 is 0 Å². The Bertz CT molecular complexity index is 681. The second-order valence-electron chi connectivity index (χ2n) is 4.92. The molecule has 6 heteroatoms.